The fourth-order valence-electron chi connectivity index (χ4n) is 3.27. The summed E-state index contributed by atoms with van der Waals surface area (Å²) < 4.78 is 19.4. The predicted octanol–water partition coefficient (Wildman–Crippen LogP) is 6.27. The summed E-state index contributed by atoms with van der Waals surface area (Å²) in [6.45, 7) is 13.5. The second-order valence-electron chi connectivity index (χ2n) is 10.7. The number of hydrogen-bond donors (Lipinski definition) is 1. The molecule has 2 aromatic heterocycles. The Labute approximate surface area is 217 Å². The highest BCUT2D eigenvalue weighted by atomic mass is 35.5. The lowest BCUT2D eigenvalue weighted by molar-refractivity contribution is -0.113. The first kappa shape index (κ1) is 27.7. The van der Waals surface area contributed by atoms with E-state index in [2.05, 4.69) is 29.9 Å². The van der Waals surface area contributed by atoms with Gasteiger partial charge in [0, 0.05) is 38.0 Å². The Morgan fingerprint density at radius 3 is 2.56 bits per heavy atom. The average molecular weight is 532 g/mol. The molecule has 8 nitrogen and oxygen atoms in total. The molecule has 1 N–H and O–H groups in total. The largest absolute Gasteiger partial charge is 0.456 e. The zero-order valence-electron chi connectivity index (χ0n) is 21.7. The van der Waals surface area contributed by atoms with Crippen LogP contribution in [-0.4, -0.2) is 47.6 Å². The summed E-state index contributed by atoms with van der Waals surface area (Å²) >= 11 is 5.61. The number of alkyl halides is 1. The molecule has 194 valence electrons. The molecule has 2 heterocycles. The quantitative estimate of drug-likeness (QED) is 0.143. The third-order valence-corrected chi connectivity index (χ3v) is 6.98. The molecular formula is C26H34ClN3O5Si. The van der Waals surface area contributed by atoms with Crippen molar-refractivity contribution in [2.75, 3.05) is 17.8 Å². The number of rotatable bonds is 10. The van der Waals surface area contributed by atoms with Gasteiger partial charge in [0.25, 0.3) is 0 Å². The fourth-order valence-corrected chi connectivity index (χ4v) is 4.09. The van der Waals surface area contributed by atoms with E-state index in [0.717, 1.165) is 23.7 Å². The van der Waals surface area contributed by atoms with Gasteiger partial charge in [-0.1, -0.05) is 19.6 Å². The van der Waals surface area contributed by atoms with Crippen molar-refractivity contribution < 1.29 is 23.8 Å². The number of pyridine rings is 1. The highest BCUT2D eigenvalue weighted by molar-refractivity contribution is 6.76. The van der Waals surface area contributed by atoms with Crippen molar-refractivity contribution in [1.82, 2.24) is 9.55 Å². The Hall–Kier alpha value is -2.88. The van der Waals surface area contributed by atoms with Crippen LogP contribution in [-0.2, 0) is 21.0 Å². The van der Waals surface area contributed by atoms with Crippen molar-refractivity contribution in [3.8, 4) is 11.5 Å². The molecule has 0 saturated carbocycles. The number of esters is 1. The van der Waals surface area contributed by atoms with Crippen LogP contribution in [0.2, 0.25) is 25.7 Å². The van der Waals surface area contributed by atoms with Gasteiger partial charge in [-0.15, -0.1) is 11.6 Å². The zero-order valence-corrected chi connectivity index (χ0v) is 23.4. The summed E-state index contributed by atoms with van der Waals surface area (Å²) in [7, 11) is -1.15. The first-order valence-electron chi connectivity index (χ1n) is 11.8. The molecule has 0 aliphatic heterocycles. The van der Waals surface area contributed by atoms with Crippen LogP contribution in [0.5, 0.6) is 11.5 Å². The summed E-state index contributed by atoms with van der Waals surface area (Å²) in [5, 5.41) is 3.53. The maximum atomic E-state index is 12.8. The second kappa shape index (κ2) is 11.4. The van der Waals surface area contributed by atoms with Crippen LogP contribution < -0.4 is 10.1 Å². The minimum absolute atomic E-state index is 0.191. The van der Waals surface area contributed by atoms with Crippen LogP contribution in [0.4, 0.5) is 5.69 Å². The predicted molar refractivity (Wildman–Crippen MR) is 145 cm³/mol. The lowest BCUT2D eigenvalue weighted by atomic mass is 10.1. The van der Waals surface area contributed by atoms with Gasteiger partial charge in [0.05, 0.1) is 6.20 Å². The number of hydrogen-bond acceptors (Lipinski definition) is 6. The van der Waals surface area contributed by atoms with Crippen LogP contribution in [0.15, 0.2) is 42.7 Å². The molecule has 0 unspecified atom stereocenters. The van der Waals surface area contributed by atoms with Crippen LogP contribution in [0.1, 0.15) is 31.1 Å². The number of ether oxygens (including phenoxy) is 3. The molecule has 1 amide bonds. The minimum atomic E-state index is -1.15. The molecule has 0 bridgehead atoms. The topological polar surface area (TPSA) is 91.7 Å². The van der Waals surface area contributed by atoms with Gasteiger partial charge in [-0.2, -0.15) is 0 Å². The van der Waals surface area contributed by atoms with E-state index in [0.29, 0.717) is 18.2 Å². The molecule has 0 atom stereocenters. The van der Waals surface area contributed by atoms with E-state index in [-0.39, 0.29) is 23.1 Å². The molecular weight excluding hydrogens is 498 g/mol. The van der Waals surface area contributed by atoms with Crippen molar-refractivity contribution in [1.29, 1.82) is 0 Å². The molecule has 0 aliphatic rings. The van der Waals surface area contributed by atoms with E-state index in [1.165, 1.54) is 0 Å². The van der Waals surface area contributed by atoms with Crippen molar-refractivity contribution in [3.63, 3.8) is 0 Å². The number of amides is 1. The number of carbonyl (C=O) groups excluding carboxylic acids is 2. The normalized spacial score (nSPS) is 12.0. The van der Waals surface area contributed by atoms with Gasteiger partial charge in [-0.25, -0.2) is 9.78 Å². The van der Waals surface area contributed by atoms with E-state index in [4.69, 9.17) is 25.8 Å². The van der Waals surface area contributed by atoms with E-state index in [9.17, 15) is 9.59 Å². The standard InChI is InChI=1S/C26H34ClN3O5Si/c1-26(2,3)35-25(32)21-8-7-19(29-23(31)15-27)14-22(21)34-20-13-18-9-10-30(24(18)28-16-20)17-33-11-12-36(4,5)6/h7-10,13-14,16H,11-12,15,17H2,1-6H3,(H,29,31). The van der Waals surface area contributed by atoms with Gasteiger partial charge in [0.1, 0.15) is 40.9 Å². The molecule has 0 aliphatic carbocycles. The third-order valence-electron chi connectivity index (χ3n) is 5.04. The van der Waals surface area contributed by atoms with Crippen molar-refractivity contribution in [2.24, 2.45) is 0 Å². The maximum absolute atomic E-state index is 12.8. The fraction of sp³-hybridized carbons (Fsp3) is 0.423. The Bertz CT molecular complexity index is 1230. The van der Waals surface area contributed by atoms with Crippen LogP contribution in [0, 0.1) is 0 Å². The SMILES string of the molecule is CC(C)(C)OC(=O)c1ccc(NC(=O)CCl)cc1Oc1cnc2c(ccn2COCC[Si](C)(C)C)c1. The number of carbonyl (C=O) groups is 2. The smallest absolute Gasteiger partial charge is 0.342 e. The van der Waals surface area contributed by atoms with Gasteiger partial charge in [0.15, 0.2) is 0 Å². The zero-order chi connectivity index (χ0) is 26.5. The summed E-state index contributed by atoms with van der Waals surface area (Å²) in [5.74, 6) is -0.436. The highest BCUT2D eigenvalue weighted by Gasteiger charge is 2.22. The summed E-state index contributed by atoms with van der Waals surface area (Å²) in [6, 6.07) is 9.58. The first-order valence-corrected chi connectivity index (χ1v) is 16.0. The van der Waals surface area contributed by atoms with Gasteiger partial charge in [0.2, 0.25) is 5.91 Å². The van der Waals surface area contributed by atoms with Gasteiger partial charge < -0.3 is 24.1 Å². The number of halogens is 1. The van der Waals surface area contributed by atoms with Crippen molar-refractivity contribution >= 4 is 48.3 Å². The van der Waals surface area contributed by atoms with E-state index in [1.54, 1.807) is 45.2 Å². The number of aromatic nitrogens is 2. The molecule has 3 rings (SSSR count). The Balaban J connectivity index is 1.83. The molecule has 1 aromatic carbocycles. The third kappa shape index (κ3) is 8.08. The lowest BCUT2D eigenvalue weighted by Gasteiger charge is -2.21. The van der Waals surface area contributed by atoms with Crippen molar-refractivity contribution in [3.05, 3.63) is 48.3 Å². The number of nitrogens with zero attached hydrogens (tertiary/aromatic N) is 2. The van der Waals surface area contributed by atoms with E-state index in [1.807, 2.05) is 22.9 Å². The van der Waals surface area contributed by atoms with E-state index < -0.39 is 19.6 Å². The molecule has 0 radical (unpaired) electrons. The van der Waals surface area contributed by atoms with Crippen molar-refractivity contribution in [2.45, 2.75) is 58.8 Å². The molecule has 10 heteroatoms. The van der Waals surface area contributed by atoms with Gasteiger partial charge in [-0.05, 0) is 51.1 Å². The number of anilines is 1. The second-order valence-corrected chi connectivity index (χ2v) is 16.6. The summed E-state index contributed by atoms with van der Waals surface area (Å²) in [4.78, 5) is 29.1. The van der Waals surface area contributed by atoms with Crippen LogP contribution in [0.3, 0.4) is 0 Å². The number of fused-ring (bicyclic) bond motifs is 1. The number of nitrogens with one attached hydrogen (secondary N) is 1. The lowest BCUT2D eigenvalue weighted by Crippen LogP contribution is -2.24. The summed E-state index contributed by atoms with van der Waals surface area (Å²) in [6.07, 6.45) is 3.51. The molecule has 0 spiro atoms. The van der Waals surface area contributed by atoms with Crippen LogP contribution >= 0.6 is 11.6 Å². The molecule has 36 heavy (non-hydrogen) atoms. The molecule has 0 fully saturated rings. The molecule has 0 saturated heterocycles. The molecule has 3 aromatic rings. The summed E-state index contributed by atoms with van der Waals surface area (Å²) in [5.41, 5.74) is 0.757. The average Bonchev–Trinajstić information content (AvgIpc) is 3.17. The Morgan fingerprint density at radius 2 is 1.89 bits per heavy atom. The number of benzene rings is 1. The van der Waals surface area contributed by atoms with Crippen LogP contribution in [0.25, 0.3) is 11.0 Å². The minimum Gasteiger partial charge on any atom is -0.456 e. The highest BCUT2D eigenvalue weighted by Crippen LogP contribution is 2.31. The van der Waals surface area contributed by atoms with Gasteiger partial charge in [-0.3, -0.25) is 4.79 Å². The van der Waals surface area contributed by atoms with Gasteiger partial charge >= 0.3 is 5.97 Å². The maximum Gasteiger partial charge on any atom is 0.342 e. The monoisotopic (exact) mass is 531 g/mol. The Morgan fingerprint density at radius 1 is 1.14 bits per heavy atom. The van der Waals surface area contributed by atoms with E-state index >= 15 is 0 Å². The Kier molecular flexibility index (Phi) is 8.81. The first-order chi connectivity index (χ1) is 16.8.